The number of aliphatic carboxylic acids is 2. The molecule has 4 atom stereocenters. The molecular formula is C24H46N2O10. The van der Waals surface area contributed by atoms with Crippen molar-refractivity contribution in [3.8, 4) is 0 Å². The summed E-state index contributed by atoms with van der Waals surface area (Å²) in [6.07, 6.45) is -2.79. The van der Waals surface area contributed by atoms with Gasteiger partial charge in [0.2, 0.25) is 0 Å². The number of likely N-dealkylation sites (N-methyl/N-ethyl adjacent to an activating group) is 2. The number of aliphatic hydroxyl groups excluding tert-OH is 1. The highest BCUT2D eigenvalue weighted by Gasteiger charge is 2.44. The van der Waals surface area contributed by atoms with E-state index < -0.39 is 65.2 Å². The monoisotopic (exact) mass is 522 g/mol. The number of carboxylic acids is 2. The maximum Gasteiger partial charge on any atom is 0.177 e. The molecule has 0 rings (SSSR count). The number of carboxylic acid groups (broad SMARTS) is 2. The summed E-state index contributed by atoms with van der Waals surface area (Å²) < 4.78 is 0.448. The first-order valence-corrected chi connectivity index (χ1v) is 11.6. The Labute approximate surface area is 213 Å². The maximum absolute atomic E-state index is 12.1. The van der Waals surface area contributed by atoms with Crippen LogP contribution in [0.1, 0.15) is 47.0 Å². The lowest BCUT2D eigenvalue weighted by atomic mass is 9.84. The van der Waals surface area contributed by atoms with E-state index in [4.69, 9.17) is 0 Å². The van der Waals surface area contributed by atoms with E-state index in [9.17, 15) is 49.8 Å². The standard InChI is InChI=1S/2C12H23NO5/c1-11(2,17)6-9(14)12(18,7-10(15)16)8-13(3,4)5;1-8(9(2)14)11(17)12(18,6-10(15)16)7-13(3,4)5/h17-18H,6-8H2,1-5H3;8-9,14,18H,6-7H2,1-5H3. The van der Waals surface area contributed by atoms with Gasteiger partial charge in [0.25, 0.3) is 0 Å². The molecule has 0 spiro atoms. The fourth-order valence-electron chi connectivity index (χ4n) is 3.71. The third-order valence-electron chi connectivity index (χ3n) is 5.05. The van der Waals surface area contributed by atoms with Crippen LogP contribution in [0.3, 0.4) is 0 Å². The predicted octanol–water partition coefficient (Wildman–Crippen LogP) is -3.56. The molecule has 0 radical (unpaired) electrons. The Morgan fingerprint density at radius 1 is 0.722 bits per heavy atom. The molecule has 0 heterocycles. The van der Waals surface area contributed by atoms with Gasteiger partial charge in [-0.05, 0) is 20.8 Å². The zero-order chi connectivity index (χ0) is 29.5. The van der Waals surface area contributed by atoms with Crippen LogP contribution < -0.4 is 10.2 Å². The number of ketones is 2. The van der Waals surface area contributed by atoms with Crippen LogP contribution in [-0.4, -0.2) is 131 Å². The number of carbonyl (C=O) groups is 4. The van der Waals surface area contributed by atoms with Gasteiger partial charge in [-0.15, -0.1) is 0 Å². The summed E-state index contributed by atoms with van der Waals surface area (Å²) in [7, 11) is 10.4. The summed E-state index contributed by atoms with van der Waals surface area (Å²) in [4.78, 5) is 45.5. The lowest BCUT2D eigenvalue weighted by molar-refractivity contribution is -0.875. The maximum atomic E-state index is 12.1. The molecule has 4 N–H and O–H groups in total. The van der Waals surface area contributed by atoms with Crippen molar-refractivity contribution >= 4 is 23.5 Å². The van der Waals surface area contributed by atoms with Crippen LogP contribution in [0.25, 0.3) is 0 Å². The lowest BCUT2D eigenvalue weighted by Gasteiger charge is -2.36. The molecule has 0 amide bonds. The molecule has 12 nitrogen and oxygen atoms in total. The number of carbonyl (C=O) groups excluding carboxylic acids is 4. The van der Waals surface area contributed by atoms with Crippen molar-refractivity contribution in [1.29, 1.82) is 0 Å². The molecular weight excluding hydrogens is 476 g/mol. The van der Waals surface area contributed by atoms with Crippen molar-refractivity contribution < 1.29 is 58.8 Å². The number of hydrogen-bond donors (Lipinski definition) is 4. The molecule has 212 valence electrons. The summed E-state index contributed by atoms with van der Waals surface area (Å²) in [6.45, 7) is 5.62. The molecule has 0 saturated carbocycles. The first-order chi connectivity index (χ1) is 15.6. The Balaban J connectivity index is 0. The van der Waals surface area contributed by atoms with Gasteiger partial charge in [0, 0.05) is 37.1 Å². The molecule has 0 aliphatic heterocycles. The summed E-state index contributed by atoms with van der Waals surface area (Å²) in [5.41, 5.74) is -5.33. The first kappa shape index (κ1) is 36.2. The molecule has 0 aromatic heterocycles. The van der Waals surface area contributed by atoms with Gasteiger partial charge in [-0.1, -0.05) is 6.92 Å². The minimum atomic E-state index is -2.02. The van der Waals surface area contributed by atoms with E-state index in [1.807, 2.05) is 0 Å². The van der Waals surface area contributed by atoms with Crippen molar-refractivity contribution in [2.24, 2.45) is 5.92 Å². The van der Waals surface area contributed by atoms with Gasteiger partial charge < -0.3 is 49.2 Å². The average molecular weight is 523 g/mol. The largest absolute Gasteiger partial charge is 0.550 e. The number of rotatable bonds is 14. The van der Waals surface area contributed by atoms with E-state index in [2.05, 4.69) is 0 Å². The quantitative estimate of drug-likeness (QED) is 0.166. The van der Waals surface area contributed by atoms with E-state index in [-0.39, 0.29) is 28.5 Å². The Bertz CT molecular complexity index is 777. The third kappa shape index (κ3) is 15.2. The zero-order valence-electron chi connectivity index (χ0n) is 23.3. The van der Waals surface area contributed by atoms with Crippen LogP contribution in [0.4, 0.5) is 0 Å². The van der Waals surface area contributed by atoms with Crippen LogP contribution in [0, 0.1) is 5.92 Å². The molecule has 12 heteroatoms. The van der Waals surface area contributed by atoms with Gasteiger partial charge in [0.15, 0.2) is 22.8 Å². The van der Waals surface area contributed by atoms with Gasteiger partial charge in [-0.25, -0.2) is 0 Å². The summed E-state index contributed by atoms with van der Waals surface area (Å²) in [5, 5.41) is 60.9. The topological polar surface area (TPSA) is 195 Å². The van der Waals surface area contributed by atoms with Gasteiger partial charge >= 0.3 is 0 Å². The van der Waals surface area contributed by atoms with Gasteiger partial charge in [-0.3, -0.25) is 9.59 Å². The Morgan fingerprint density at radius 3 is 1.33 bits per heavy atom. The highest BCUT2D eigenvalue weighted by Crippen LogP contribution is 2.22. The Morgan fingerprint density at radius 2 is 1.06 bits per heavy atom. The second kappa shape index (κ2) is 13.0. The first-order valence-electron chi connectivity index (χ1n) is 11.6. The molecule has 0 aliphatic rings. The number of Topliss-reactive ketones (excluding diaryl/α,β-unsaturated/α-hetero) is 2. The molecule has 0 saturated heterocycles. The molecule has 0 aromatic carbocycles. The van der Waals surface area contributed by atoms with Crippen molar-refractivity contribution in [3.63, 3.8) is 0 Å². The average Bonchev–Trinajstić information content (AvgIpc) is 2.54. The van der Waals surface area contributed by atoms with Crippen molar-refractivity contribution in [2.75, 3.05) is 55.4 Å². The van der Waals surface area contributed by atoms with Crippen LogP contribution in [0.2, 0.25) is 0 Å². The minimum Gasteiger partial charge on any atom is -0.550 e. The van der Waals surface area contributed by atoms with Crippen LogP contribution in [0.5, 0.6) is 0 Å². The summed E-state index contributed by atoms with van der Waals surface area (Å²) in [5.74, 6) is -5.17. The molecule has 36 heavy (non-hydrogen) atoms. The SMILES string of the molecule is CC(C)(O)CC(=O)C(O)(CC(=O)[O-])C[N+](C)(C)C.CC(O)C(C)C(=O)C(O)(CC(=O)[O-])C[N+](C)(C)C. The van der Waals surface area contributed by atoms with Gasteiger partial charge in [0.05, 0.1) is 54.0 Å². The highest BCUT2D eigenvalue weighted by atomic mass is 16.4. The normalized spacial score (nSPS) is 17.5. The number of nitrogens with zero attached hydrogens (tertiary/aromatic N) is 2. The summed E-state index contributed by atoms with van der Waals surface area (Å²) in [6, 6.07) is 0. The van der Waals surface area contributed by atoms with Gasteiger partial charge in [0.1, 0.15) is 13.1 Å². The number of quaternary nitrogens is 2. The smallest absolute Gasteiger partial charge is 0.177 e. The predicted molar refractivity (Wildman–Crippen MR) is 127 cm³/mol. The Kier molecular flexibility index (Phi) is 13.1. The molecule has 0 bridgehead atoms. The van der Waals surface area contributed by atoms with E-state index in [0.717, 1.165) is 0 Å². The number of hydrogen-bond acceptors (Lipinski definition) is 10. The molecule has 4 unspecified atom stereocenters. The van der Waals surface area contributed by atoms with E-state index in [0.29, 0.717) is 0 Å². The van der Waals surface area contributed by atoms with E-state index >= 15 is 0 Å². The zero-order valence-corrected chi connectivity index (χ0v) is 23.3. The van der Waals surface area contributed by atoms with Crippen molar-refractivity contribution in [3.05, 3.63) is 0 Å². The second-order valence-electron chi connectivity index (χ2n) is 12.4. The van der Waals surface area contributed by atoms with Crippen LogP contribution >= 0.6 is 0 Å². The van der Waals surface area contributed by atoms with E-state index in [1.54, 1.807) is 42.3 Å². The third-order valence-corrected chi connectivity index (χ3v) is 5.05. The van der Waals surface area contributed by atoms with Crippen molar-refractivity contribution in [2.45, 2.75) is 69.9 Å². The summed E-state index contributed by atoms with van der Waals surface area (Å²) >= 11 is 0. The Hall–Kier alpha value is -1.96. The van der Waals surface area contributed by atoms with Crippen LogP contribution in [-0.2, 0) is 19.2 Å². The van der Waals surface area contributed by atoms with Gasteiger partial charge in [-0.2, -0.15) is 0 Å². The fourth-order valence-corrected chi connectivity index (χ4v) is 3.71. The molecule has 0 aromatic rings. The molecule has 0 fully saturated rings. The highest BCUT2D eigenvalue weighted by molar-refractivity contribution is 5.92. The molecule has 0 aliphatic carbocycles. The van der Waals surface area contributed by atoms with E-state index in [1.165, 1.54) is 27.7 Å². The fraction of sp³-hybridized carbons (Fsp3) is 0.833. The second-order valence-corrected chi connectivity index (χ2v) is 12.4. The minimum absolute atomic E-state index is 0.0587. The lowest BCUT2D eigenvalue weighted by Crippen LogP contribution is -2.58. The van der Waals surface area contributed by atoms with Crippen molar-refractivity contribution in [1.82, 2.24) is 0 Å². The van der Waals surface area contributed by atoms with Crippen LogP contribution in [0.15, 0.2) is 0 Å². The number of aliphatic hydroxyl groups is 4.